The lowest BCUT2D eigenvalue weighted by molar-refractivity contribution is -0.181. The molecule has 1 aliphatic heterocycles. The summed E-state index contributed by atoms with van der Waals surface area (Å²) < 4.78 is 5.91. The molecule has 0 aromatic carbocycles. The minimum atomic E-state index is -0.956. The summed E-state index contributed by atoms with van der Waals surface area (Å²) in [6.45, 7) is 14.5. The Bertz CT molecular complexity index is 779. The molecule has 0 saturated heterocycles. The van der Waals surface area contributed by atoms with E-state index in [2.05, 4.69) is 41.5 Å². The Labute approximate surface area is 195 Å². The van der Waals surface area contributed by atoms with Gasteiger partial charge in [0.05, 0.1) is 11.6 Å². The fourth-order valence-corrected chi connectivity index (χ4v) is 9.49. The van der Waals surface area contributed by atoms with Crippen LogP contribution < -0.4 is 0 Å². The molecule has 10 atom stereocenters. The smallest absolute Gasteiger partial charge is 0.217 e. The molecule has 4 saturated carbocycles. The molecule has 0 radical (unpaired) electrons. The summed E-state index contributed by atoms with van der Waals surface area (Å²) in [6, 6.07) is 0. The van der Waals surface area contributed by atoms with Crippen molar-refractivity contribution in [1.82, 2.24) is 0 Å². The molecule has 0 aromatic rings. The van der Waals surface area contributed by atoms with E-state index in [1.54, 1.807) is 0 Å². The van der Waals surface area contributed by atoms with Crippen molar-refractivity contribution in [3.05, 3.63) is 0 Å². The lowest BCUT2D eigenvalue weighted by atomic mass is 9.43. The van der Waals surface area contributed by atoms with E-state index in [4.69, 9.17) is 9.73 Å². The van der Waals surface area contributed by atoms with Crippen molar-refractivity contribution in [2.45, 2.75) is 117 Å². The predicted octanol–water partition coefficient (Wildman–Crippen LogP) is 5.60. The van der Waals surface area contributed by atoms with Gasteiger partial charge in [-0.3, -0.25) is 0 Å². The number of rotatable bonds is 3. The molecule has 4 nitrogen and oxygen atoms in total. The van der Waals surface area contributed by atoms with Gasteiger partial charge in [0.25, 0.3) is 0 Å². The molecule has 2 N–H and O–H groups in total. The van der Waals surface area contributed by atoms with Crippen molar-refractivity contribution in [2.24, 2.45) is 51.3 Å². The van der Waals surface area contributed by atoms with Gasteiger partial charge in [0.1, 0.15) is 12.2 Å². The standard InChI is InChI=1S/C28H47NO3/c1-7-17(2)19-8-9-20-23-21(10-11-27(19,20)6)26(5)12-13-28(31,15-18(26)14-22(23)30)24-29-25(3,4)16-32-24/h17-23,30-31H,7-16H2,1-6H3/t17-,18-,19-,20?,21?,22?,23?,26+,27-,28-/m1/s1. The van der Waals surface area contributed by atoms with Gasteiger partial charge in [0, 0.05) is 0 Å². The lowest BCUT2D eigenvalue weighted by Gasteiger charge is -2.63. The van der Waals surface area contributed by atoms with Crippen LogP contribution in [0.25, 0.3) is 0 Å². The fourth-order valence-electron chi connectivity index (χ4n) is 9.49. The third-order valence-corrected chi connectivity index (χ3v) is 11.5. The zero-order chi connectivity index (χ0) is 23.1. The highest BCUT2D eigenvalue weighted by Crippen LogP contribution is 2.69. The molecular formula is C28H47NO3. The number of nitrogens with zero attached hydrogens (tertiary/aromatic N) is 1. The first-order valence-corrected chi connectivity index (χ1v) is 13.6. The van der Waals surface area contributed by atoms with E-state index < -0.39 is 5.60 Å². The molecule has 4 aliphatic carbocycles. The Kier molecular flexibility index (Phi) is 5.38. The predicted molar refractivity (Wildman–Crippen MR) is 128 cm³/mol. The van der Waals surface area contributed by atoms with Gasteiger partial charge in [-0.15, -0.1) is 0 Å². The number of aliphatic hydroxyl groups is 2. The van der Waals surface area contributed by atoms with Gasteiger partial charge in [-0.25, -0.2) is 4.99 Å². The van der Waals surface area contributed by atoms with E-state index in [0.717, 1.165) is 31.1 Å². The Morgan fingerprint density at radius 3 is 2.41 bits per heavy atom. The molecule has 1 heterocycles. The Morgan fingerprint density at radius 2 is 1.75 bits per heavy atom. The first-order chi connectivity index (χ1) is 14.9. The van der Waals surface area contributed by atoms with Crippen LogP contribution in [0.3, 0.4) is 0 Å². The lowest BCUT2D eigenvalue weighted by Crippen LogP contribution is -2.61. The highest BCUT2D eigenvalue weighted by atomic mass is 16.5. The van der Waals surface area contributed by atoms with Crippen molar-refractivity contribution >= 4 is 5.90 Å². The molecule has 5 rings (SSSR count). The first kappa shape index (κ1) is 23.1. The minimum Gasteiger partial charge on any atom is -0.476 e. The van der Waals surface area contributed by atoms with Crippen molar-refractivity contribution < 1.29 is 14.9 Å². The Hall–Kier alpha value is -0.610. The van der Waals surface area contributed by atoms with E-state index in [9.17, 15) is 10.2 Å². The zero-order valence-corrected chi connectivity index (χ0v) is 21.4. The number of aliphatic imine (C=N–C) groups is 1. The molecule has 0 aromatic heterocycles. The number of aliphatic hydroxyl groups excluding tert-OH is 1. The second kappa shape index (κ2) is 7.44. The summed E-state index contributed by atoms with van der Waals surface area (Å²) in [5.41, 5.74) is -0.594. The SMILES string of the molecule is CC[C@@H](C)[C@H]1CCC2C3C(O)C[C@@H]4C[C@@](O)(C5=NC(C)(C)CO5)CC[C@]4(C)C3CC[C@@]21C. The van der Waals surface area contributed by atoms with Gasteiger partial charge in [-0.05, 0) is 112 Å². The van der Waals surface area contributed by atoms with Crippen molar-refractivity contribution in [3.8, 4) is 0 Å². The van der Waals surface area contributed by atoms with Crippen LogP contribution in [0.15, 0.2) is 4.99 Å². The average Bonchev–Trinajstić information content (AvgIpc) is 3.28. The maximum atomic E-state index is 11.6. The largest absolute Gasteiger partial charge is 0.476 e. The number of ether oxygens (including phenoxy) is 1. The van der Waals surface area contributed by atoms with Crippen LogP contribution in [0.2, 0.25) is 0 Å². The summed E-state index contributed by atoms with van der Waals surface area (Å²) >= 11 is 0. The number of hydrogen-bond donors (Lipinski definition) is 2. The van der Waals surface area contributed by atoms with E-state index in [-0.39, 0.29) is 17.1 Å². The van der Waals surface area contributed by atoms with Crippen LogP contribution in [0.1, 0.15) is 99.3 Å². The van der Waals surface area contributed by atoms with E-state index >= 15 is 0 Å². The average molecular weight is 446 g/mol. The summed E-state index contributed by atoms with van der Waals surface area (Å²) in [6.07, 6.45) is 9.53. The summed E-state index contributed by atoms with van der Waals surface area (Å²) in [4.78, 5) is 4.74. The second-order valence-electron chi connectivity index (χ2n) is 13.7. The van der Waals surface area contributed by atoms with E-state index in [1.165, 1.54) is 32.1 Å². The van der Waals surface area contributed by atoms with Crippen LogP contribution in [-0.4, -0.2) is 40.0 Å². The highest BCUT2D eigenvalue weighted by Gasteiger charge is 2.64. The number of fused-ring (bicyclic) bond motifs is 5. The maximum absolute atomic E-state index is 11.6. The van der Waals surface area contributed by atoms with Crippen LogP contribution in [-0.2, 0) is 4.74 Å². The Morgan fingerprint density at radius 1 is 1.03 bits per heavy atom. The first-order valence-electron chi connectivity index (χ1n) is 13.6. The van der Waals surface area contributed by atoms with Crippen LogP contribution >= 0.6 is 0 Å². The highest BCUT2D eigenvalue weighted by molar-refractivity contribution is 5.86. The molecule has 4 unspecified atom stereocenters. The van der Waals surface area contributed by atoms with Gasteiger partial charge in [-0.1, -0.05) is 34.1 Å². The normalized spacial score (nSPS) is 52.9. The fraction of sp³-hybridized carbons (Fsp3) is 0.964. The molecule has 5 aliphatic rings. The van der Waals surface area contributed by atoms with Crippen molar-refractivity contribution in [3.63, 3.8) is 0 Å². The molecule has 4 heteroatoms. The second-order valence-corrected chi connectivity index (χ2v) is 13.7. The van der Waals surface area contributed by atoms with Crippen molar-refractivity contribution in [1.29, 1.82) is 0 Å². The van der Waals surface area contributed by atoms with Crippen LogP contribution in [0, 0.1) is 46.3 Å². The van der Waals surface area contributed by atoms with Gasteiger partial charge < -0.3 is 14.9 Å². The minimum absolute atomic E-state index is 0.209. The van der Waals surface area contributed by atoms with Gasteiger partial charge >= 0.3 is 0 Å². The van der Waals surface area contributed by atoms with Gasteiger partial charge in [-0.2, -0.15) is 0 Å². The zero-order valence-electron chi connectivity index (χ0n) is 21.4. The summed E-state index contributed by atoms with van der Waals surface area (Å²) in [5, 5.41) is 23.2. The van der Waals surface area contributed by atoms with Crippen LogP contribution in [0.5, 0.6) is 0 Å². The topological polar surface area (TPSA) is 62.0 Å². The third kappa shape index (κ3) is 3.25. The molecule has 32 heavy (non-hydrogen) atoms. The molecule has 0 bridgehead atoms. The number of hydrogen-bond acceptors (Lipinski definition) is 4. The maximum Gasteiger partial charge on any atom is 0.217 e. The molecule has 182 valence electrons. The van der Waals surface area contributed by atoms with Gasteiger partial charge in [0.2, 0.25) is 5.90 Å². The molecule has 0 spiro atoms. The monoisotopic (exact) mass is 445 g/mol. The van der Waals surface area contributed by atoms with E-state index in [0.29, 0.717) is 48.0 Å². The summed E-state index contributed by atoms with van der Waals surface area (Å²) in [7, 11) is 0. The Balaban J connectivity index is 1.40. The third-order valence-electron chi connectivity index (χ3n) is 11.5. The van der Waals surface area contributed by atoms with Crippen LogP contribution in [0.4, 0.5) is 0 Å². The molecule has 0 amide bonds. The van der Waals surface area contributed by atoms with E-state index in [1.807, 2.05) is 0 Å². The molecular weight excluding hydrogens is 398 g/mol. The van der Waals surface area contributed by atoms with Crippen molar-refractivity contribution in [2.75, 3.05) is 6.61 Å². The quantitative estimate of drug-likeness (QED) is 0.594. The summed E-state index contributed by atoms with van der Waals surface area (Å²) in [5.74, 6) is 4.18. The molecule has 4 fully saturated rings. The van der Waals surface area contributed by atoms with Gasteiger partial charge in [0.15, 0.2) is 0 Å².